The molecule has 4 aromatic rings. The van der Waals surface area contributed by atoms with Crippen LogP contribution >= 0.6 is 11.3 Å². The van der Waals surface area contributed by atoms with Gasteiger partial charge in [-0.25, -0.2) is 9.67 Å². The summed E-state index contributed by atoms with van der Waals surface area (Å²) >= 11 is 1.71. The van der Waals surface area contributed by atoms with E-state index in [1.807, 2.05) is 77.6 Å². The van der Waals surface area contributed by atoms with Gasteiger partial charge in [0.15, 0.2) is 5.13 Å². The van der Waals surface area contributed by atoms with E-state index < -0.39 is 0 Å². The zero-order valence-corrected chi connectivity index (χ0v) is 18.3. The number of para-hydroxylation sites is 2. The van der Waals surface area contributed by atoms with Gasteiger partial charge in [-0.3, -0.25) is 4.79 Å². The summed E-state index contributed by atoms with van der Waals surface area (Å²) in [5, 5.41) is 5.47. The highest BCUT2D eigenvalue weighted by atomic mass is 32.1. The molecule has 1 saturated heterocycles. The molecule has 5 rings (SSSR count). The van der Waals surface area contributed by atoms with Gasteiger partial charge in [-0.1, -0.05) is 41.7 Å². The number of fused-ring (bicyclic) bond motifs is 1. The van der Waals surface area contributed by atoms with Gasteiger partial charge in [0.1, 0.15) is 0 Å². The van der Waals surface area contributed by atoms with E-state index in [4.69, 9.17) is 4.98 Å². The second kappa shape index (κ2) is 8.51. The quantitative estimate of drug-likeness (QED) is 0.471. The molecule has 31 heavy (non-hydrogen) atoms. The van der Waals surface area contributed by atoms with Crippen molar-refractivity contribution in [2.75, 3.05) is 25.0 Å². The predicted molar refractivity (Wildman–Crippen MR) is 125 cm³/mol. The van der Waals surface area contributed by atoms with Gasteiger partial charge in [0.25, 0.3) is 0 Å². The van der Waals surface area contributed by atoms with Crippen LogP contribution in [0.15, 0.2) is 67.0 Å². The van der Waals surface area contributed by atoms with Crippen molar-refractivity contribution in [2.45, 2.75) is 19.4 Å². The number of amides is 1. The van der Waals surface area contributed by atoms with Crippen molar-refractivity contribution < 1.29 is 4.79 Å². The molecule has 2 aromatic carbocycles. The van der Waals surface area contributed by atoms with Crippen molar-refractivity contribution >= 4 is 32.6 Å². The number of carbonyl (C=O) groups is 1. The maximum atomic E-state index is 13.2. The predicted octanol–water partition coefficient (Wildman–Crippen LogP) is 4.36. The van der Waals surface area contributed by atoms with Crippen LogP contribution in [0.25, 0.3) is 15.9 Å². The molecular weight excluding hydrogens is 406 g/mol. The molecule has 1 amide bonds. The second-order valence-electron chi connectivity index (χ2n) is 8.07. The largest absolute Gasteiger partial charge is 0.347 e. The molecule has 7 heteroatoms. The Kier molecular flexibility index (Phi) is 5.42. The lowest BCUT2D eigenvalue weighted by Crippen LogP contribution is -2.43. The Morgan fingerprint density at radius 2 is 1.97 bits per heavy atom. The van der Waals surface area contributed by atoms with Crippen molar-refractivity contribution in [3.05, 3.63) is 72.6 Å². The third-order valence-corrected chi connectivity index (χ3v) is 6.87. The monoisotopic (exact) mass is 431 g/mol. The third kappa shape index (κ3) is 4.18. The average Bonchev–Trinajstić information content (AvgIpc) is 3.46. The molecule has 3 heterocycles. The minimum atomic E-state index is -0.00469. The minimum Gasteiger partial charge on any atom is -0.347 e. The Balaban J connectivity index is 1.24. The van der Waals surface area contributed by atoms with Gasteiger partial charge >= 0.3 is 0 Å². The van der Waals surface area contributed by atoms with E-state index in [9.17, 15) is 4.79 Å². The molecule has 1 atom stereocenters. The summed E-state index contributed by atoms with van der Waals surface area (Å²) in [6.07, 6.45) is 5.76. The van der Waals surface area contributed by atoms with Crippen LogP contribution < -0.4 is 4.90 Å². The first-order valence-corrected chi connectivity index (χ1v) is 11.4. The Labute approximate surface area is 185 Å². The molecule has 0 aliphatic carbocycles. The van der Waals surface area contributed by atoms with E-state index in [2.05, 4.69) is 16.1 Å². The molecule has 1 aliphatic rings. The smallest absolute Gasteiger partial charge is 0.227 e. The summed E-state index contributed by atoms with van der Waals surface area (Å²) in [6.45, 7) is 2.24. The van der Waals surface area contributed by atoms with E-state index in [1.165, 1.54) is 4.70 Å². The van der Waals surface area contributed by atoms with Crippen LogP contribution in [0.4, 0.5) is 5.13 Å². The maximum Gasteiger partial charge on any atom is 0.227 e. The summed E-state index contributed by atoms with van der Waals surface area (Å²) in [4.78, 5) is 22.1. The highest BCUT2D eigenvalue weighted by Gasteiger charge is 2.29. The Morgan fingerprint density at radius 1 is 1.16 bits per heavy atom. The van der Waals surface area contributed by atoms with Crippen LogP contribution in [0.2, 0.25) is 0 Å². The molecule has 1 unspecified atom stereocenters. The highest BCUT2D eigenvalue weighted by Crippen LogP contribution is 2.31. The lowest BCUT2D eigenvalue weighted by molar-refractivity contribution is -0.135. The number of piperidine rings is 1. The first-order valence-electron chi connectivity index (χ1n) is 10.6. The van der Waals surface area contributed by atoms with E-state index >= 15 is 0 Å². The Morgan fingerprint density at radius 3 is 2.81 bits per heavy atom. The van der Waals surface area contributed by atoms with E-state index in [0.29, 0.717) is 6.54 Å². The summed E-state index contributed by atoms with van der Waals surface area (Å²) in [5.74, 6) is 0.188. The van der Waals surface area contributed by atoms with E-state index in [-0.39, 0.29) is 11.8 Å². The molecule has 158 valence electrons. The van der Waals surface area contributed by atoms with Crippen LogP contribution in [-0.2, 0) is 11.3 Å². The standard InChI is InChI=1S/C24H25N5OS/c1-27(15-18-14-25-29(16-18)20-9-3-2-4-10-20)23(30)19-8-7-13-28(17-19)24-26-21-11-5-6-12-22(21)31-24/h2-6,9-12,14,16,19H,7-8,13,15,17H2,1H3. The first kappa shape index (κ1) is 19.8. The SMILES string of the molecule is CN(Cc1cnn(-c2ccccc2)c1)C(=O)C1CCCN(c2nc3ccccc3s2)C1. The molecule has 1 aliphatic heterocycles. The van der Waals surface area contributed by atoms with Gasteiger partial charge in [-0.05, 0) is 37.1 Å². The second-order valence-corrected chi connectivity index (χ2v) is 9.08. The molecule has 6 nitrogen and oxygen atoms in total. The number of benzene rings is 2. The fourth-order valence-electron chi connectivity index (χ4n) is 4.17. The van der Waals surface area contributed by atoms with Crippen LogP contribution in [0.1, 0.15) is 18.4 Å². The molecule has 0 spiro atoms. The van der Waals surface area contributed by atoms with Crippen molar-refractivity contribution in [2.24, 2.45) is 5.92 Å². The highest BCUT2D eigenvalue weighted by molar-refractivity contribution is 7.22. The topological polar surface area (TPSA) is 54.3 Å². The van der Waals surface area contributed by atoms with Gasteiger partial charge in [0.05, 0.1) is 28.0 Å². The van der Waals surface area contributed by atoms with Crippen LogP contribution in [0, 0.1) is 5.92 Å². The van der Waals surface area contributed by atoms with Crippen LogP contribution in [-0.4, -0.2) is 45.7 Å². The van der Waals surface area contributed by atoms with Gasteiger partial charge in [0.2, 0.25) is 5.91 Å². The lowest BCUT2D eigenvalue weighted by atomic mass is 9.97. The Hall–Kier alpha value is -3.19. The number of hydrogen-bond donors (Lipinski definition) is 0. The summed E-state index contributed by atoms with van der Waals surface area (Å²) in [5.41, 5.74) is 3.07. The molecular formula is C24H25N5OS. The number of thiazole rings is 1. The average molecular weight is 432 g/mol. The fourth-order valence-corrected chi connectivity index (χ4v) is 5.18. The van der Waals surface area contributed by atoms with E-state index in [1.54, 1.807) is 11.3 Å². The van der Waals surface area contributed by atoms with Gasteiger partial charge in [-0.15, -0.1) is 0 Å². The molecule has 2 aromatic heterocycles. The van der Waals surface area contributed by atoms with Crippen molar-refractivity contribution in [1.29, 1.82) is 0 Å². The number of aromatic nitrogens is 3. The zero-order valence-electron chi connectivity index (χ0n) is 17.5. The molecule has 0 bridgehead atoms. The van der Waals surface area contributed by atoms with E-state index in [0.717, 1.165) is 47.8 Å². The van der Waals surface area contributed by atoms with Gasteiger partial charge < -0.3 is 9.80 Å². The number of carbonyl (C=O) groups excluding carboxylic acids is 1. The number of nitrogens with zero attached hydrogens (tertiary/aromatic N) is 5. The van der Waals surface area contributed by atoms with Gasteiger partial charge in [-0.2, -0.15) is 5.10 Å². The first-order chi connectivity index (χ1) is 15.2. The molecule has 0 saturated carbocycles. The normalized spacial score (nSPS) is 16.5. The fraction of sp³-hybridized carbons (Fsp3) is 0.292. The van der Waals surface area contributed by atoms with Crippen LogP contribution in [0.5, 0.6) is 0 Å². The lowest BCUT2D eigenvalue weighted by Gasteiger charge is -2.33. The van der Waals surface area contributed by atoms with Crippen molar-refractivity contribution in [3.8, 4) is 5.69 Å². The molecule has 1 fully saturated rings. The van der Waals surface area contributed by atoms with Crippen molar-refractivity contribution in [1.82, 2.24) is 19.7 Å². The number of rotatable bonds is 5. The summed E-state index contributed by atoms with van der Waals surface area (Å²) in [7, 11) is 1.89. The number of hydrogen-bond acceptors (Lipinski definition) is 5. The molecule has 0 radical (unpaired) electrons. The zero-order chi connectivity index (χ0) is 21.2. The third-order valence-electron chi connectivity index (χ3n) is 5.78. The number of anilines is 1. The van der Waals surface area contributed by atoms with Crippen molar-refractivity contribution in [3.63, 3.8) is 0 Å². The summed E-state index contributed by atoms with van der Waals surface area (Å²) < 4.78 is 3.04. The van der Waals surface area contributed by atoms with Gasteiger partial charge in [0, 0.05) is 38.4 Å². The van der Waals surface area contributed by atoms with Crippen LogP contribution in [0.3, 0.4) is 0 Å². The maximum absolute atomic E-state index is 13.2. The summed E-state index contributed by atoms with van der Waals surface area (Å²) in [6, 6.07) is 18.2. The Bertz CT molecular complexity index is 1150. The molecule has 0 N–H and O–H groups in total. The minimum absolute atomic E-state index is 0.00469.